The quantitative estimate of drug-likeness (QED) is 0.501. The van der Waals surface area contributed by atoms with Crippen molar-refractivity contribution in [3.63, 3.8) is 0 Å². The number of nitrogens with one attached hydrogen (secondary N) is 2. The summed E-state index contributed by atoms with van der Waals surface area (Å²) < 4.78 is 10.5. The molecule has 31 heavy (non-hydrogen) atoms. The van der Waals surface area contributed by atoms with Crippen LogP contribution in [0.5, 0.6) is 0 Å². The maximum absolute atomic E-state index is 12.1. The van der Waals surface area contributed by atoms with Crippen molar-refractivity contribution in [3.8, 4) is 0 Å². The van der Waals surface area contributed by atoms with Crippen molar-refractivity contribution in [1.29, 1.82) is 0 Å². The Morgan fingerprint density at radius 2 is 1.45 bits per heavy atom. The zero-order valence-electron chi connectivity index (χ0n) is 20.2. The summed E-state index contributed by atoms with van der Waals surface area (Å²) in [4.78, 5) is 35.9. The number of carboxylic acid groups (broad SMARTS) is 1. The minimum Gasteiger partial charge on any atom is -0.481 e. The predicted molar refractivity (Wildman–Crippen MR) is 119 cm³/mol. The Kier molecular flexibility index (Phi) is 10.1. The van der Waals surface area contributed by atoms with Crippen LogP contribution in [0.1, 0.15) is 87.0 Å². The molecule has 2 amide bonds. The number of ether oxygens (including phenoxy) is 2. The van der Waals surface area contributed by atoms with E-state index in [0.29, 0.717) is 18.9 Å². The van der Waals surface area contributed by atoms with E-state index in [1.165, 1.54) is 0 Å². The van der Waals surface area contributed by atoms with Crippen LogP contribution in [0.2, 0.25) is 0 Å². The van der Waals surface area contributed by atoms with Gasteiger partial charge in [0.25, 0.3) is 0 Å². The molecule has 0 aliphatic heterocycles. The third kappa shape index (κ3) is 11.3. The van der Waals surface area contributed by atoms with E-state index in [2.05, 4.69) is 10.6 Å². The number of carboxylic acids is 1. The smallest absolute Gasteiger partial charge is 0.407 e. The van der Waals surface area contributed by atoms with Crippen LogP contribution in [-0.2, 0) is 14.3 Å². The van der Waals surface area contributed by atoms with E-state index >= 15 is 0 Å². The van der Waals surface area contributed by atoms with Gasteiger partial charge in [0, 0.05) is 12.6 Å². The fourth-order valence-electron chi connectivity index (χ4n) is 4.09. The van der Waals surface area contributed by atoms with Crippen LogP contribution in [0.25, 0.3) is 0 Å². The zero-order valence-corrected chi connectivity index (χ0v) is 20.2. The van der Waals surface area contributed by atoms with Gasteiger partial charge in [0.15, 0.2) is 0 Å². The second-order valence-electron chi connectivity index (χ2n) is 10.6. The van der Waals surface area contributed by atoms with Crippen LogP contribution >= 0.6 is 0 Å². The summed E-state index contributed by atoms with van der Waals surface area (Å²) in [7, 11) is 0. The maximum Gasteiger partial charge on any atom is 0.407 e. The maximum atomic E-state index is 12.1. The van der Waals surface area contributed by atoms with E-state index in [-0.39, 0.29) is 5.92 Å². The molecule has 180 valence electrons. The highest BCUT2D eigenvalue weighted by molar-refractivity contribution is 5.73. The molecule has 0 bridgehead atoms. The summed E-state index contributed by atoms with van der Waals surface area (Å²) in [5, 5.41) is 15.3. The van der Waals surface area contributed by atoms with E-state index in [9.17, 15) is 19.5 Å². The highest BCUT2D eigenvalue weighted by Gasteiger charge is 2.34. The minimum atomic E-state index is -0.917. The first-order valence-electron chi connectivity index (χ1n) is 11.4. The molecule has 8 nitrogen and oxygen atoms in total. The van der Waals surface area contributed by atoms with Crippen molar-refractivity contribution >= 4 is 18.2 Å². The van der Waals surface area contributed by atoms with E-state index in [1.54, 1.807) is 27.7 Å². The first-order chi connectivity index (χ1) is 14.2. The first-order valence-corrected chi connectivity index (χ1v) is 11.4. The number of carbonyl (C=O) groups excluding carboxylic acids is 2. The number of carbonyl (C=O) groups is 3. The molecular formula is C23H42N2O6. The minimum absolute atomic E-state index is 0.234. The lowest BCUT2D eigenvalue weighted by Gasteiger charge is -2.35. The normalized spacial score (nSPS) is 21.5. The number of aliphatic carboxylic acids is 1. The Bertz CT molecular complexity index is 608. The Morgan fingerprint density at radius 1 is 0.935 bits per heavy atom. The molecular weight excluding hydrogens is 400 g/mol. The molecule has 3 N–H and O–H groups in total. The van der Waals surface area contributed by atoms with Crippen molar-refractivity contribution < 1.29 is 29.0 Å². The Labute approximate surface area is 186 Å². The van der Waals surface area contributed by atoms with Gasteiger partial charge in [-0.2, -0.15) is 0 Å². The van der Waals surface area contributed by atoms with E-state index in [4.69, 9.17) is 9.47 Å². The Balaban J connectivity index is 2.65. The van der Waals surface area contributed by atoms with E-state index in [0.717, 1.165) is 32.1 Å². The molecule has 1 rings (SSSR count). The van der Waals surface area contributed by atoms with Crippen molar-refractivity contribution in [3.05, 3.63) is 0 Å². The van der Waals surface area contributed by atoms with Gasteiger partial charge in [0.2, 0.25) is 0 Å². The lowest BCUT2D eigenvalue weighted by Crippen LogP contribution is -2.45. The van der Waals surface area contributed by atoms with Gasteiger partial charge in [-0.25, -0.2) is 9.59 Å². The number of amides is 2. The molecule has 1 saturated carbocycles. The fourth-order valence-corrected chi connectivity index (χ4v) is 4.09. The largest absolute Gasteiger partial charge is 0.481 e. The van der Waals surface area contributed by atoms with Crippen LogP contribution in [0.3, 0.4) is 0 Å². The number of rotatable bonds is 8. The molecule has 1 fully saturated rings. The number of hydrogen-bond donors (Lipinski definition) is 3. The van der Waals surface area contributed by atoms with Gasteiger partial charge in [0.05, 0.1) is 5.92 Å². The third-order valence-corrected chi connectivity index (χ3v) is 5.47. The molecule has 1 aliphatic rings. The molecule has 0 radical (unpaired) electrons. The van der Waals surface area contributed by atoms with Gasteiger partial charge in [0.1, 0.15) is 11.2 Å². The van der Waals surface area contributed by atoms with Crippen molar-refractivity contribution in [2.75, 3.05) is 6.54 Å². The summed E-state index contributed by atoms with van der Waals surface area (Å²) >= 11 is 0. The third-order valence-electron chi connectivity index (χ3n) is 5.47. The second kappa shape index (κ2) is 11.6. The molecule has 3 unspecified atom stereocenters. The van der Waals surface area contributed by atoms with Crippen LogP contribution in [0, 0.1) is 17.8 Å². The van der Waals surface area contributed by atoms with Crippen LogP contribution < -0.4 is 10.6 Å². The SMILES string of the molecule is C[C@@H](NC(=O)OC(C)(C)C)C(CC1CCCCC1CCNC(=O)OC(C)(C)C)C(=O)O. The molecule has 0 spiro atoms. The summed E-state index contributed by atoms with van der Waals surface area (Å²) in [5.41, 5.74) is -1.18. The van der Waals surface area contributed by atoms with Gasteiger partial charge in [-0.3, -0.25) is 4.79 Å². The van der Waals surface area contributed by atoms with Crippen LogP contribution in [0.4, 0.5) is 9.59 Å². The number of alkyl carbamates (subject to hydrolysis) is 2. The predicted octanol–water partition coefficient (Wildman–Crippen LogP) is 4.71. The highest BCUT2D eigenvalue weighted by atomic mass is 16.6. The van der Waals surface area contributed by atoms with Gasteiger partial charge < -0.3 is 25.2 Å². The van der Waals surface area contributed by atoms with E-state index in [1.807, 2.05) is 20.8 Å². The lowest BCUT2D eigenvalue weighted by atomic mass is 9.72. The lowest BCUT2D eigenvalue weighted by molar-refractivity contribution is -0.143. The zero-order chi connectivity index (χ0) is 23.8. The first kappa shape index (κ1) is 27.0. The van der Waals surface area contributed by atoms with Crippen molar-refractivity contribution in [2.24, 2.45) is 17.8 Å². The van der Waals surface area contributed by atoms with Gasteiger partial charge >= 0.3 is 18.2 Å². The molecule has 0 aromatic carbocycles. The standard InChI is InChI=1S/C23H42N2O6/c1-15(25-21(29)31-23(5,6)7)18(19(26)27)14-17-11-9-8-10-16(17)12-13-24-20(28)30-22(2,3)4/h15-18H,8-14H2,1-7H3,(H,24,28)(H,25,29)(H,26,27)/t15-,16?,17?,18?/m1/s1. The summed E-state index contributed by atoms with van der Waals surface area (Å²) in [6.45, 7) is 13.0. The van der Waals surface area contributed by atoms with Crippen LogP contribution in [0.15, 0.2) is 0 Å². The van der Waals surface area contributed by atoms with Gasteiger partial charge in [-0.05, 0) is 73.1 Å². The molecule has 0 heterocycles. The summed E-state index contributed by atoms with van der Waals surface area (Å²) in [5.74, 6) is -1.05. The highest BCUT2D eigenvalue weighted by Crippen LogP contribution is 2.37. The molecule has 0 aromatic rings. The Hall–Kier alpha value is -1.99. The average molecular weight is 443 g/mol. The summed E-state index contributed by atoms with van der Waals surface area (Å²) in [6.07, 6.45) is 4.39. The monoisotopic (exact) mass is 442 g/mol. The van der Waals surface area contributed by atoms with Crippen LogP contribution in [-0.4, -0.2) is 47.1 Å². The molecule has 0 aromatic heterocycles. The topological polar surface area (TPSA) is 114 Å². The van der Waals surface area contributed by atoms with E-state index < -0.39 is 41.3 Å². The number of hydrogen-bond acceptors (Lipinski definition) is 5. The Morgan fingerprint density at radius 3 is 1.97 bits per heavy atom. The van der Waals surface area contributed by atoms with Gasteiger partial charge in [-0.1, -0.05) is 25.7 Å². The van der Waals surface area contributed by atoms with Gasteiger partial charge in [-0.15, -0.1) is 0 Å². The average Bonchev–Trinajstić information content (AvgIpc) is 2.56. The molecule has 8 heteroatoms. The molecule has 1 aliphatic carbocycles. The molecule has 4 atom stereocenters. The second-order valence-corrected chi connectivity index (χ2v) is 10.6. The van der Waals surface area contributed by atoms with Crippen molar-refractivity contribution in [2.45, 2.75) is 104 Å². The van der Waals surface area contributed by atoms with Crippen molar-refractivity contribution in [1.82, 2.24) is 10.6 Å². The molecule has 0 saturated heterocycles. The summed E-state index contributed by atoms with van der Waals surface area (Å²) in [6, 6.07) is -0.546. The fraction of sp³-hybridized carbons (Fsp3) is 0.870.